The number of rotatable bonds is 6. The molecule has 0 bridgehead atoms. The zero-order valence-electron chi connectivity index (χ0n) is 16.9. The first-order valence-corrected chi connectivity index (χ1v) is 11.3. The molecule has 6 nitrogen and oxygen atoms in total. The van der Waals surface area contributed by atoms with Crippen LogP contribution in [0.4, 0.5) is 0 Å². The van der Waals surface area contributed by atoms with Crippen molar-refractivity contribution in [2.45, 2.75) is 45.0 Å². The van der Waals surface area contributed by atoms with Crippen LogP contribution in [0.15, 0.2) is 36.7 Å². The number of β-amino-alcohol motifs (C(OH)–C–C–N with tert-alkyl or cyclic N) is 1. The molecule has 2 aromatic heterocycles. The first-order valence-electron chi connectivity index (χ1n) is 10.5. The summed E-state index contributed by atoms with van der Waals surface area (Å²) in [7, 11) is 0. The number of hydrogen-bond acceptors (Lipinski definition) is 6. The molecule has 4 heterocycles. The van der Waals surface area contributed by atoms with Crippen LogP contribution in [0, 0.1) is 0 Å². The number of thiophene rings is 1. The van der Waals surface area contributed by atoms with Crippen LogP contribution in [-0.4, -0.2) is 69.5 Å². The Morgan fingerprint density at radius 3 is 2.48 bits per heavy atom. The molecular formula is C22H30N4O2S. The Hall–Kier alpha value is -1.80. The van der Waals surface area contributed by atoms with Crippen LogP contribution in [0.25, 0.3) is 0 Å². The van der Waals surface area contributed by atoms with E-state index in [9.17, 15) is 9.90 Å². The summed E-state index contributed by atoms with van der Waals surface area (Å²) in [6.07, 6.45) is 6.94. The molecule has 1 N–H and O–H groups in total. The van der Waals surface area contributed by atoms with Gasteiger partial charge in [-0.3, -0.25) is 19.6 Å². The van der Waals surface area contributed by atoms with E-state index in [2.05, 4.69) is 26.9 Å². The highest BCUT2D eigenvalue weighted by Crippen LogP contribution is 2.22. The number of likely N-dealkylation sites (tertiary alicyclic amines) is 1. The minimum Gasteiger partial charge on any atom is -0.390 e. The number of carbonyl (C=O) groups is 1. The number of aromatic nitrogens is 1. The van der Waals surface area contributed by atoms with Crippen molar-refractivity contribution in [2.24, 2.45) is 0 Å². The summed E-state index contributed by atoms with van der Waals surface area (Å²) in [6, 6.07) is 8.24. The maximum absolute atomic E-state index is 12.8. The minimum absolute atomic E-state index is 0.0653. The Labute approximate surface area is 176 Å². The van der Waals surface area contributed by atoms with E-state index < -0.39 is 6.10 Å². The molecule has 0 aromatic carbocycles. The predicted octanol–water partition coefficient (Wildman–Crippen LogP) is 2.33. The lowest BCUT2D eigenvalue weighted by Crippen LogP contribution is -2.36. The molecule has 2 aliphatic rings. The Morgan fingerprint density at radius 2 is 1.76 bits per heavy atom. The van der Waals surface area contributed by atoms with Gasteiger partial charge in [0.25, 0.3) is 0 Å². The van der Waals surface area contributed by atoms with Gasteiger partial charge in [-0.15, -0.1) is 11.3 Å². The highest BCUT2D eigenvalue weighted by Gasteiger charge is 2.27. The van der Waals surface area contributed by atoms with Gasteiger partial charge in [-0.1, -0.05) is 12.5 Å². The van der Waals surface area contributed by atoms with Gasteiger partial charge in [-0.25, -0.2) is 0 Å². The largest absolute Gasteiger partial charge is 0.390 e. The lowest BCUT2D eigenvalue weighted by Gasteiger charge is -2.25. The summed E-state index contributed by atoms with van der Waals surface area (Å²) in [5.74, 6) is 0.0653. The van der Waals surface area contributed by atoms with Crippen LogP contribution < -0.4 is 0 Å². The molecule has 0 aliphatic carbocycles. The summed E-state index contributed by atoms with van der Waals surface area (Å²) in [5, 5.41) is 10.5. The van der Waals surface area contributed by atoms with Crippen LogP contribution in [0.2, 0.25) is 0 Å². The number of aliphatic hydroxyl groups is 1. The first kappa shape index (κ1) is 20.5. The van der Waals surface area contributed by atoms with Crippen molar-refractivity contribution in [3.8, 4) is 0 Å². The highest BCUT2D eigenvalue weighted by atomic mass is 32.1. The summed E-state index contributed by atoms with van der Waals surface area (Å²) < 4.78 is 0. The molecule has 1 amide bonds. The van der Waals surface area contributed by atoms with Crippen LogP contribution in [0.3, 0.4) is 0 Å². The number of piperidine rings is 1. The van der Waals surface area contributed by atoms with Gasteiger partial charge in [0.05, 0.1) is 12.6 Å². The van der Waals surface area contributed by atoms with Crippen molar-refractivity contribution in [1.82, 2.24) is 19.7 Å². The number of aliphatic hydroxyl groups excluding tert-OH is 1. The lowest BCUT2D eigenvalue weighted by atomic mass is 10.1. The Morgan fingerprint density at radius 1 is 1.00 bits per heavy atom. The molecule has 1 unspecified atom stereocenters. The van der Waals surface area contributed by atoms with Gasteiger partial charge >= 0.3 is 0 Å². The monoisotopic (exact) mass is 414 g/mol. The molecule has 29 heavy (non-hydrogen) atoms. The second-order valence-electron chi connectivity index (χ2n) is 8.16. The van der Waals surface area contributed by atoms with E-state index in [0.717, 1.165) is 12.1 Å². The Balaban J connectivity index is 1.34. The average molecular weight is 415 g/mol. The summed E-state index contributed by atoms with van der Waals surface area (Å²) in [6.45, 7) is 5.88. The standard InChI is InChI=1S/C22H30N4O2S/c27-19-13-25(17-22(28)26(14-19)12-18-5-4-8-23-11-18)16-21-7-6-20(29-21)15-24-9-2-1-3-10-24/h4-8,11,19,27H,1-3,9-10,12-17H2. The zero-order valence-corrected chi connectivity index (χ0v) is 17.7. The molecule has 0 saturated carbocycles. The van der Waals surface area contributed by atoms with Crippen molar-refractivity contribution < 1.29 is 9.90 Å². The first-order chi connectivity index (χ1) is 14.2. The quantitative estimate of drug-likeness (QED) is 0.786. The molecule has 2 saturated heterocycles. The van der Waals surface area contributed by atoms with Crippen LogP contribution in [-0.2, 0) is 24.4 Å². The van der Waals surface area contributed by atoms with E-state index in [4.69, 9.17) is 0 Å². The summed E-state index contributed by atoms with van der Waals surface area (Å²) >= 11 is 1.83. The summed E-state index contributed by atoms with van der Waals surface area (Å²) in [4.78, 5) is 25.9. The molecule has 2 fully saturated rings. The van der Waals surface area contributed by atoms with Gasteiger partial charge in [-0.05, 0) is 49.7 Å². The SMILES string of the molecule is O=C1CN(Cc2ccc(CN3CCCCC3)s2)CC(O)CN1Cc1cccnc1. The minimum atomic E-state index is -0.536. The third-order valence-electron chi connectivity index (χ3n) is 5.63. The molecule has 0 spiro atoms. The molecular weight excluding hydrogens is 384 g/mol. The van der Waals surface area contributed by atoms with Crippen LogP contribution >= 0.6 is 11.3 Å². The van der Waals surface area contributed by atoms with Crippen molar-refractivity contribution in [3.05, 3.63) is 52.0 Å². The third kappa shape index (κ3) is 5.85. The number of hydrogen-bond donors (Lipinski definition) is 1. The molecule has 2 aliphatic heterocycles. The zero-order chi connectivity index (χ0) is 20.1. The fourth-order valence-electron chi connectivity index (χ4n) is 4.20. The molecule has 4 rings (SSSR count). The molecule has 7 heteroatoms. The number of pyridine rings is 1. The van der Waals surface area contributed by atoms with E-state index >= 15 is 0 Å². The van der Waals surface area contributed by atoms with Gasteiger partial charge in [0, 0.05) is 54.9 Å². The Kier molecular flexibility index (Phi) is 6.92. The molecule has 1 atom stereocenters. The van der Waals surface area contributed by atoms with E-state index in [0.29, 0.717) is 32.7 Å². The van der Waals surface area contributed by atoms with Crippen molar-refractivity contribution in [2.75, 3.05) is 32.7 Å². The van der Waals surface area contributed by atoms with Crippen molar-refractivity contribution in [1.29, 1.82) is 0 Å². The topological polar surface area (TPSA) is 59.9 Å². The van der Waals surface area contributed by atoms with Crippen molar-refractivity contribution >= 4 is 17.2 Å². The maximum Gasteiger partial charge on any atom is 0.237 e. The third-order valence-corrected chi connectivity index (χ3v) is 6.69. The Bertz CT molecular complexity index is 791. The van der Waals surface area contributed by atoms with Gasteiger partial charge in [-0.2, -0.15) is 0 Å². The second-order valence-corrected chi connectivity index (χ2v) is 9.42. The number of carbonyl (C=O) groups excluding carboxylic acids is 1. The smallest absolute Gasteiger partial charge is 0.237 e. The lowest BCUT2D eigenvalue weighted by molar-refractivity contribution is -0.132. The molecule has 2 aromatic rings. The molecule has 0 radical (unpaired) electrons. The average Bonchev–Trinajstić information content (AvgIpc) is 3.10. The fraction of sp³-hybridized carbons (Fsp3) is 0.545. The molecule has 156 valence electrons. The second kappa shape index (κ2) is 9.80. The number of nitrogens with zero attached hydrogens (tertiary/aromatic N) is 4. The predicted molar refractivity (Wildman–Crippen MR) is 114 cm³/mol. The van der Waals surface area contributed by atoms with Crippen molar-refractivity contribution in [3.63, 3.8) is 0 Å². The van der Waals surface area contributed by atoms with Gasteiger partial charge in [0.15, 0.2) is 0 Å². The van der Waals surface area contributed by atoms with E-state index in [1.165, 1.54) is 42.1 Å². The van der Waals surface area contributed by atoms with Gasteiger partial charge in [0.2, 0.25) is 5.91 Å². The van der Waals surface area contributed by atoms with E-state index in [1.807, 2.05) is 23.5 Å². The van der Waals surface area contributed by atoms with E-state index in [1.54, 1.807) is 17.3 Å². The number of amides is 1. The fourth-order valence-corrected chi connectivity index (χ4v) is 5.31. The van der Waals surface area contributed by atoms with Crippen LogP contribution in [0.1, 0.15) is 34.6 Å². The summed E-state index contributed by atoms with van der Waals surface area (Å²) in [5.41, 5.74) is 0.988. The van der Waals surface area contributed by atoms with Gasteiger partial charge in [0.1, 0.15) is 0 Å². The highest BCUT2D eigenvalue weighted by molar-refractivity contribution is 7.11. The normalized spacial score (nSPS) is 22.0. The maximum atomic E-state index is 12.8. The van der Waals surface area contributed by atoms with E-state index in [-0.39, 0.29) is 5.91 Å². The van der Waals surface area contributed by atoms with Crippen LogP contribution in [0.5, 0.6) is 0 Å². The van der Waals surface area contributed by atoms with Gasteiger partial charge < -0.3 is 10.0 Å².